The zero-order valence-electron chi connectivity index (χ0n) is 14.9. The van der Waals surface area contributed by atoms with Crippen molar-refractivity contribution in [1.82, 2.24) is 0 Å². The highest BCUT2D eigenvalue weighted by atomic mass is 32.2. The van der Waals surface area contributed by atoms with E-state index in [0.29, 0.717) is 13.2 Å². The van der Waals surface area contributed by atoms with Crippen molar-refractivity contribution in [3.05, 3.63) is 35.9 Å². The lowest BCUT2D eigenvalue weighted by Crippen LogP contribution is -2.31. The topological polar surface area (TPSA) is 27.7 Å². The molecule has 2 aliphatic heterocycles. The molecule has 0 amide bonds. The second-order valence-electron chi connectivity index (χ2n) is 6.66. The van der Waals surface area contributed by atoms with Crippen LogP contribution in [-0.2, 0) is 20.8 Å². The average molecular weight is 383 g/mol. The number of thioether (sulfide) groups is 2. The summed E-state index contributed by atoms with van der Waals surface area (Å²) in [5, 5.41) is 0. The van der Waals surface area contributed by atoms with Gasteiger partial charge >= 0.3 is 0 Å². The summed E-state index contributed by atoms with van der Waals surface area (Å²) in [7, 11) is 0. The molecular formula is C20H30O3S2. The summed E-state index contributed by atoms with van der Waals surface area (Å²) < 4.78 is 18.7. The van der Waals surface area contributed by atoms with E-state index >= 15 is 0 Å². The van der Waals surface area contributed by atoms with Gasteiger partial charge in [0, 0.05) is 6.61 Å². The van der Waals surface area contributed by atoms with Gasteiger partial charge in [-0.25, -0.2) is 0 Å². The van der Waals surface area contributed by atoms with Crippen LogP contribution in [0, 0.1) is 0 Å². The van der Waals surface area contributed by atoms with Gasteiger partial charge in [0.2, 0.25) is 0 Å². The summed E-state index contributed by atoms with van der Waals surface area (Å²) in [5.41, 5.74) is 1.22. The van der Waals surface area contributed by atoms with Gasteiger partial charge in [-0.1, -0.05) is 30.3 Å². The van der Waals surface area contributed by atoms with Crippen LogP contribution in [0.5, 0.6) is 0 Å². The standard InChI is InChI=1S/C20H30O3S2/c1-2-7-17(8-3-1)15-21-16-18(23-19-9-4-5-12-22-19)10-11-20-24-13-6-14-25-20/h1-3,7-8,18-20H,4-6,9-16H2/t18-,19?/m0/s1. The zero-order chi connectivity index (χ0) is 17.2. The molecule has 2 aliphatic rings. The van der Waals surface area contributed by atoms with Crippen molar-refractivity contribution in [3.63, 3.8) is 0 Å². The Kier molecular flexibility index (Phi) is 9.00. The Morgan fingerprint density at radius 2 is 1.92 bits per heavy atom. The maximum Gasteiger partial charge on any atom is 0.158 e. The summed E-state index contributed by atoms with van der Waals surface area (Å²) in [6, 6.07) is 10.4. The van der Waals surface area contributed by atoms with Gasteiger partial charge in [-0.2, -0.15) is 0 Å². The molecular weight excluding hydrogens is 352 g/mol. The third-order valence-corrected chi connectivity index (χ3v) is 7.60. The van der Waals surface area contributed by atoms with Gasteiger partial charge in [-0.15, -0.1) is 23.5 Å². The molecule has 1 unspecified atom stereocenters. The molecule has 0 bridgehead atoms. The molecule has 0 aliphatic carbocycles. The third kappa shape index (κ3) is 7.51. The van der Waals surface area contributed by atoms with Crippen LogP contribution in [0.1, 0.15) is 44.1 Å². The smallest absolute Gasteiger partial charge is 0.158 e. The van der Waals surface area contributed by atoms with Gasteiger partial charge in [0.25, 0.3) is 0 Å². The molecule has 1 aromatic rings. The van der Waals surface area contributed by atoms with Crippen LogP contribution in [0.15, 0.2) is 30.3 Å². The van der Waals surface area contributed by atoms with Gasteiger partial charge in [-0.05, 0) is 55.6 Å². The Bertz CT molecular complexity index is 459. The number of rotatable bonds is 9. The predicted molar refractivity (Wildman–Crippen MR) is 107 cm³/mol. The normalized spacial score (nSPS) is 23.4. The summed E-state index contributed by atoms with van der Waals surface area (Å²) >= 11 is 4.21. The van der Waals surface area contributed by atoms with E-state index in [1.54, 1.807) is 0 Å². The van der Waals surface area contributed by atoms with E-state index < -0.39 is 0 Å². The van der Waals surface area contributed by atoms with Crippen LogP contribution in [0.4, 0.5) is 0 Å². The Labute approximate surface area is 160 Å². The van der Waals surface area contributed by atoms with E-state index in [9.17, 15) is 0 Å². The quantitative estimate of drug-likeness (QED) is 0.593. The molecule has 3 nitrogen and oxygen atoms in total. The first-order valence-corrected chi connectivity index (χ1v) is 11.6. The van der Waals surface area contributed by atoms with E-state index in [-0.39, 0.29) is 12.4 Å². The molecule has 0 saturated carbocycles. The summed E-state index contributed by atoms with van der Waals surface area (Å²) in [6.07, 6.45) is 7.08. The van der Waals surface area contributed by atoms with Gasteiger partial charge in [-0.3, -0.25) is 0 Å². The molecule has 0 spiro atoms. The zero-order valence-corrected chi connectivity index (χ0v) is 16.6. The minimum atomic E-state index is -0.0364. The van der Waals surface area contributed by atoms with E-state index in [1.165, 1.54) is 36.3 Å². The highest BCUT2D eigenvalue weighted by Gasteiger charge is 2.22. The Morgan fingerprint density at radius 3 is 2.68 bits per heavy atom. The maximum absolute atomic E-state index is 6.25. The van der Waals surface area contributed by atoms with Crippen molar-refractivity contribution in [3.8, 4) is 0 Å². The molecule has 25 heavy (non-hydrogen) atoms. The van der Waals surface area contributed by atoms with Gasteiger partial charge in [0.05, 0.1) is 23.9 Å². The highest BCUT2D eigenvalue weighted by Crippen LogP contribution is 2.34. The fourth-order valence-corrected chi connectivity index (χ4v) is 6.03. The minimum Gasteiger partial charge on any atom is -0.374 e. The second-order valence-corrected chi connectivity index (χ2v) is 9.58. The summed E-state index contributed by atoms with van der Waals surface area (Å²) in [6.45, 7) is 2.13. The lowest BCUT2D eigenvalue weighted by Gasteiger charge is -2.29. The minimum absolute atomic E-state index is 0.0364. The molecule has 2 heterocycles. The molecule has 3 rings (SSSR count). The first-order valence-electron chi connectivity index (χ1n) is 9.52. The molecule has 2 saturated heterocycles. The number of hydrogen-bond acceptors (Lipinski definition) is 5. The monoisotopic (exact) mass is 382 g/mol. The molecule has 0 aromatic heterocycles. The Morgan fingerprint density at radius 1 is 1.08 bits per heavy atom. The highest BCUT2D eigenvalue weighted by molar-refractivity contribution is 8.17. The van der Waals surface area contributed by atoms with Crippen LogP contribution in [-0.4, -0.2) is 41.7 Å². The van der Waals surface area contributed by atoms with Crippen molar-refractivity contribution >= 4 is 23.5 Å². The first kappa shape index (κ1) is 19.6. The molecule has 5 heteroatoms. The second kappa shape index (κ2) is 11.5. The summed E-state index contributed by atoms with van der Waals surface area (Å²) in [4.78, 5) is 0. The van der Waals surface area contributed by atoms with Crippen LogP contribution in [0.25, 0.3) is 0 Å². The molecule has 0 radical (unpaired) electrons. The maximum atomic E-state index is 6.25. The third-order valence-electron chi connectivity index (χ3n) is 4.52. The SMILES string of the molecule is c1ccc(COC[C@H](CCC2SCCCS2)OC2CCCCO2)cc1. The Hall–Kier alpha value is -0.200. The fourth-order valence-electron chi connectivity index (χ4n) is 3.13. The average Bonchev–Trinajstić information content (AvgIpc) is 2.68. The van der Waals surface area contributed by atoms with Crippen molar-refractivity contribution in [2.75, 3.05) is 24.7 Å². The van der Waals surface area contributed by atoms with Gasteiger partial charge < -0.3 is 14.2 Å². The van der Waals surface area contributed by atoms with Crippen LogP contribution in [0.2, 0.25) is 0 Å². The molecule has 140 valence electrons. The lowest BCUT2D eigenvalue weighted by atomic mass is 10.2. The van der Waals surface area contributed by atoms with Crippen molar-refractivity contribution < 1.29 is 14.2 Å². The summed E-state index contributed by atoms with van der Waals surface area (Å²) in [5.74, 6) is 2.61. The number of ether oxygens (including phenoxy) is 3. The molecule has 1 aromatic carbocycles. The predicted octanol–water partition coefficient (Wildman–Crippen LogP) is 5.09. The van der Waals surface area contributed by atoms with Gasteiger partial charge in [0.1, 0.15) is 0 Å². The van der Waals surface area contributed by atoms with Crippen molar-refractivity contribution in [1.29, 1.82) is 0 Å². The number of benzene rings is 1. The van der Waals surface area contributed by atoms with Gasteiger partial charge in [0.15, 0.2) is 6.29 Å². The van der Waals surface area contributed by atoms with E-state index in [0.717, 1.165) is 30.5 Å². The largest absolute Gasteiger partial charge is 0.374 e. The van der Waals surface area contributed by atoms with Crippen LogP contribution in [0.3, 0.4) is 0 Å². The van der Waals surface area contributed by atoms with Crippen molar-refractivity contribution in [2.45, 2.75) is 62.1 Å². The van der Waals surface area contributed by atoms with Crippen LogP contribution < -0.4 is 0 Å². The number of hydrogen-bond donors (Lipinski definition) is 0. The molecule has 0 N–H and O–H groups in total. The lowest BCUT2D eigenvalue weighted by molar-refractivity contribution is -0.199. The molecule has 2 atom stereocenters. The van der Waals surface area contributed by atoms with E-state index in [1.807, 2.05) is 6.07 Å². The van der Waals surface area contributed by atoms with Crippen LogP contribution >= 0.6 is 23.5 Å². The van der Waals surface area contributed by atoms with E-state index in [2.05, 4.69) is 47.8 Å². The van der Waals surface area contributed by atoms with E-state index in [4.69, 9.17) is 14.2 Å². The van der Waals surface area contributed by atoms with Crippen molar-refractivity contribution in [2.24, 2.45) is 0 Å². The molecule has 2 fully saturated rings. The fraction of sp³-hybridized carbons (Fsp3) is 0.700. The first-order chi connectivity index (χ1) is 12.4. The Balaban J connectivity index is 1.44.